The Morgan fingerprint density at radius 2 is 1.65 bits per heavy atom. The monoisotopic (exact) mass is 257 g/mol. The summed E-state index contributed by atoms with van der Waals surface area (Å²) in [5.41, 5.74) is 7.09. The van der Waals surface area contributed by atoms with Crippen LogP contribution in [0.15, 0.2) is 66.3 Å². The van der Waals surface area contributed by atoms with Gasteiger partial charge in [0.05, 0.1) is 0 Å². The van der Waals surface area contributed by atoms with E-state index < -0.39 is 0 Å². The lowest BCUT2D eigenvalue weighted by Crippen LogP contribution is -2.11. The van der Waals surface area contributed by atoms with Crippen molar-refractivity contribution in [2.75, 3.05) is 0 Å². The molecule has 0 fully saturated rings. The molecule has 2 aliphatic carbocycles. The van der Waals surface area contributed by atoms with Gasteiger partial charge in [0.2, 0.25) is 0 Å². The lowest BCUT2D eigenvalue weighted by Gasteiger charge is -2.26. The number of allylic oxidation sites excluding steroid dienone is 3. The van der Waals surface area contributed by atoms with Crippen molar-refractivity contribution in [3.8, 4) is 0 Å². The number of benzene rings is 2. The van der Waals surface area contributed by atoms with Gasteiger partial charge in [0, 0.05) is 5.92 Å². The molecule has 4 rings (SSSR count). The van der Waals surface area contributed by atoms with E-state index in [0.717, 1.165) is 19.3 Å². The molecule has 0 saturated heterocycles. The Hall–Kier alpha value is -2.08. The first-order chi connectivity index (χ1) is 9.92. The van der Waals surface area contributed by atoms with Gasteiger partial charge in [-0.3, -0.25) is 0 Å². The summed E-state index contributed by atoms with van der Waals surface area (Å²) in [5.74, 6) is 0.424. The average Bonchev–Trinajstić information content (AvgIpc) is 2.54. The van der Waals surface area contributed by atoms with Crippen LogP contribution in [0.3, 0.4) is 0 Å². The molecular formula is C20H17. The summed E-state index contributed by atoms with van der Waals surface area (Å²) in [5, 5.41) is 0. The van der Waals surface area contributed by atoms with Crippen LogP contribution >= 0.6 is 0 Å². The van der Waals surface area contributed by atoms with Crippen molar-refractivity contribution in [1.82, 2.24) is 0 Å². The Labute approximate surface area is 120 Å². The van der Waals surface area contributed by atoms with Gasteiger partial charge in [0.25, 0.3) is 0 Å². The third-order valence-electron chi connectivity index (χ3n) is 4.41. The summed E-state index contributed by atoms with van der Waals surface area (Å²) in [7, 11) is 0. The largest absolute Gasteiger partial charge is 0.0832 e. The molecule has 20 heavy (non-hydrogen) atoms. The van der Waals surface area contributed by atoms with Crippen LogP contribution in [0.4, 0.5) is 0 Å². The maximum Gasteiger partial charge on any atom is 0.0240 e. The van der Waals surface area contributed by atoms with Crippen molar-refractivity contribution < 1.29 is 0 Å². The summed E-state index contributed by atoms with van der Waals surface area (Å²) < 4.78 is 0. The van der Waals surface area contributed by atoms with Gasteiger partial charge in [-0.15, -0.1) is 0 Å². The first-order valence-electron chi connectivity index (χ1n) is 7.37. The molecule has 0 N–H and O–H groups in total. The van der Waals surface area contributed by atoms with Crippen LogP contribution < -0.4 is 0 Å². The molecule has 2 aromatic rings. The van der Waals surface area contributed by atoms with Crippen LogP contribution in [0, 0.1) is 6.08 Å². The highest BCUT2D eigenvalue weighted by Gasteiger charge is 2.22. The number of hydrogen-bond donors (Lipinski definition) is 0. The minimum absolute atomic E-state index is 0.424. The van der Waals surface area contributed by atoms with Gasteiger partial charge < -0.3 is 0 Å². The van der Waals surface area contributed by atoms with E-state index in [2.05, 4.69) is 66.8 Å². The standard InChI is InChI=1S/C20H17/c1-2-8-17-14-18(13-12-15(17)6-1)20-11-5-9-16-7-3-4-10-19(16)20/h1-8,10-11,20H,9,12-13H2. The fraction of sp³-hybridized carbons (Fsp3) is 0.200. The zero-order valence-electron chi connectivity index (χ0n) is 11.5. The Morgan fingerprint density at radius 3 is 2.60 bits per heavy atom. The van der Waals surface area contributed by atoms with E-state index >= 15 is 0 Å². The molecule has 0 heterocycles. The predicted molar refractivity (Wildman–Crippen MR) is 82.6 cm³/mol. The van der Waals surface area contributed by atoms with Gasteiger partial charge in [-0.05, 0) is 47.6 Å². The zero-order chi connectivity index (χ0) is 13.4. The number of hydrogen-bond acceptors (Lipinski definition) is 0. The van der Waals surface area contributed by atoms with Crippen molar-refractivity contribution in [1.29, 1.82) is 0 Å². The Morgan fingerprint density at radius 1 is 0.850 bits per heavy atom. The highest BCUT2D eigenvalue weighted by molar-refractivity contribution is 5.47. The fourth-order valence-corrected chi connectivity index (χ4v) is 3.36. The summed E-state index contributed by atoms with van der Waals surface area (Å²) in [6.45, 7) is 0. The van der Waals surface area contributed by atoms with E-state index in [0.29, 0.717) is 5.92 Å². The van der Waals surface area contributed by atoms with Gasteiger partial charge in [0.1, 0.15) is 0 Å². The molecule has 0 spiro atoms. The summed E-state index contributed by atoms with van der Waals surface area (Å²) in [6, 6.07) is 17.5. The maximum atomic E-state index is 3.67. The van der Waals surface area contributed by atoms with E-state index in [-0.39, 0.29) is 0 Å². The second-order valence-corrected chi connectivity index (χ2v) is 5.62. The summed E-state index contributed by atoms with van der Waals surface area (Å²) in [6.07, 6.45) is 11.7. The minimum atomic E-state index is 0.424. The Bertz CT molecular complexity index is 703. The predicted octanol–water partition coefficient (Wildman–Crippen LogP) is 4.61. The molecule has 0 aliphatic heterocycles. The molecule has 0 aromatic heterocycles. The highest BCUT2D eigenvalue weighted by Crippen LogP contribution is 2.37. The van der Waals surface area contributed by atoms with Crippen molar-refractivity contribution >= 4 is 0 Å². The van der Waals surface area contributed by atoms with Crippen LogP contribution in [0.5, 0.6) is 0 Å². The normalized spacial score (nSPS) is 20.0. The van der Waals surface area contributed by atoms with Crippen molar-refractivity contribution in [3.05, 3.63) is 94.6 Å². The van der Waals surface area contributed by atoms with E-state index in [1.165, 1.54) is 27.8 Å². The third kappa shape index (κ3) is 1.92. The first-order valence-corrected chi connectivity index (χ1v) is 7.37. The zero-order valence-corrected chi connectivity index (χ0v) is 11.5. The number of aryl methyl sites for hydroxylation is 1. The molecule has 0 heteroatoms. The maximum absolute atomic E-state index is 3.67. The van der Waals surface area contributed by atoms with Gasteiger partial charge in [-0.1, -0.05) is 66.3 Å². The molecular weight excluding hydrogens is 240 g/mol. The smallest absolute Gasteiger partial charge is 0.0240 e. The highest BCUT2D eigenvalue weighted by atomic mass is 14.3. The molecule has 97 valence electrons. The van der Waals surface area contributed by atoms with Crippen LogP contribution in [0.1, 0.15) is 34.6 Å². The van der Waals surface area contributed by atoms with Crippen LogP contribution in [0.2, 0.25) is 0 Å². The van der Waals surface area contributed by atoms with Crippen LogP contribution in [0.25, 0.3) is 0 Å². The molecule has 1 radical (unpaired) electrons. The van der Waals surface area contributed by atoms with Gasteiger partial charge in [-0.25, -0.2) is 0 Å². The van der Waals surface area contributed by atoms with Crippen LogP contribution in [-0.2, 0) is 12.8 Å². The van der Waals surface area contributed by atoms with Crippen molar-refractivity contribution in [2.24, 2.45) is 0 Å². The quantitative estimate of drug-likeness (QED) is 0.655. The summed E-state index contributed by atoms with van der Waals surface area (Å²) in [4.78, 5) is 0. The topological polar surface area (TPSA) is 0 Å². The Balaban J connectivity index is 1.78. The average molecular weight is 257 g/mol. The molecule has 0 bridgehead atoms. The first kappa shape index (κ1) is 11.7. The van der Waals surface area contributed by atoms with Gasteiger partial charge in [-0.2, -0.15) is 0 Å². The number of fused-ring (bicyclic) bond motifs is 2. The van der Waals surface area contributed by atoms with E-state index in [4.69, 9.17) is 0 Å². The van der Waals surface area contributed by atoms with E-state index in [1.807, 2.05) is 0 Å². The second kappa shape index (κ2) is 4.79. The molecule has 0 amide bonds. The lowest BCUT2D eigenvalue weighted by atomic mass is 9.78. The molecule has 1 atom stereocenters. The van der Waals surface area contributed by atoms with Crippen molar-refractivity contribution in [3.63, 3.8) is 0 Å². The summed E-state index contributed by atoms with van der Waals surface area (Å²) >= 11 is 0. The van der Waals surface area contributed by atoms with Gasteiger partial charge in [0.15, 0.2) is 0 Å². The van der Waals surface area contributed by atoms with Crippen molar-refractivity contribution in [2.45, 2.75) is 25.2 Å². The molecule has 2 aromatic carbocycles. The minimum Gasteiger partial charge on any atom is -0.0832 e. The molecule has 0 nitrogen and oxygen atoms in total. The number of rotatable bonds is 1. The van der Waals surface area contributed by atoms with Gasteiger partial charge >= 0.3 is 0 Å². The molecule has 0 saturated carbocycles. The molecule has 1 unspecified atom stereocenters. The fourth-order valence-electron chi connectivity index (χ4n) is 3.36. The molecule has 2 aliphatic rings. The SMILES string of the molecule is [C]1=C(C2C=CCc3ccccc32)CCc2ccccc21. The van der Waals surface area contributed by atoms with E-state index in [1.54, 1.807) is 0 Å². The van der Waals surface area contributed by atoms with E-state index in [9.17, 15) is 0 Å². The lowest BCUT2D eigenvalue weighted by molar-refractivity contribution is 0.801. The Kier molecular flexibility index (Phi) is 2.81. The second-order valence-electron chi connectivity index (χ2n) is 5.62. The van der Waals surface area contributed by atoms with Crippen LogP contribution in [-0.4, -0.2) is 0 Å². The third-order valence-corrected chi connectivity index (χ3v) is 4.41.